The first kappa shape index (κ1) is 27.1. The first-order valence-corrected chi connectivity index (χ1v) is 10.6. The van der Waals surface area contributed by atoms with Gasteiger partial charge in [-0.15, -0.1) is 0 Å². The van der Waals surface area contributed by atoms with Gasteiger partial charge in [-0.25, -0.2) is 8.42 Å². The Morgan fingerprint density at radius 2 is 1.17 bits per heavy atom. The van der Waals surface area contributed by atoms with Crippen LogP contribution in [0.1, 0.15) is 85.0 Å². The number of hydrogen-bond donors (Lipinski definition) is 0. The van der Waals surface area contributed by atoms with Crippen LogP contribution in [0.3, 0.4) is 0 Å². The van der Waals surface area contributed by atoms with Crippen molar-refractivity contribution in [2.75, 3.05) is 19.0 Å². The van der Waals surface area contributed by atoms with Crippen molar-refractivity contribution in [2.45, 2.75) is 90.8 Å². The average Bonchev–Trinajstić information content (AvgIpc) is 2.44. The van der Waals surface area contributed by atoms with Gasteiger partial charge in [-0.05, 0) is 19.8 Å². The van der Waals surface area contributed by atoms with Crippen LogP contribution in [0.15, 0.2) is 0 Å². The summed E-state index contributed by atoms with van der Waals surface area (Å²) in [6.45, 7) is 6.71. The molecule has 0 saturated carbocycles. The summed E-state index contributed by atoms with van der Waals surface area (Å²) in [7, 11) is -4.38. The smallest absolute Gasteiger partial charge is 0.748 e. The molecule has 0 aromatic carbocycles. The fourth-order valence-electron chi connectivity index (χ4n) is 2.43. The molecule has 0 radical (unpaired) electrons. The second kappa shape index (κ2) is 16.0. The minimum absolute atomic E-state index is 0. The zero-order valence-corrected chi connectivity index (χ0v) is 19.0. The molecule has 0 N–H and O–H groups in total. The van der Waals surface area contributed by atoms with Gasteiger partial charge in [0.25, 0.3) is 0 Å². The number of unbranched alkanes of at least 4 members (excludes halogenated alkanes) is 8. The molecule has 0 aliphatic rings. The summed E-state index contributed by atoms with van der Waals surface area (Å²) in [6, 6.07) is 0. The second-order valence-corrected chi connectivity index (χ2v) is 7.77. The van der Waals surface area contributed by atoms with Crippen molar-refractivity contribution in [2.24, 2.45) is 0 Å². The summed E-state index contributed by atoms with van der Waals surface area (Å²) < 4.78 is 44.5. The van der Waals surface area contributed by atoms with Crippen molar-refractivity contribution in [3.63, 3.8) is 0 Å². The van der Waals surface area contributed by atoms with Crippen molar-refractivity contribution in [1.82, 2.24) is 0 Å². The molecule has 7 heteroatoms. The van der Waals surface area contributed by atoms with Crippen LogP contribution < -0.4 is 29.6 Å². The molecule has 0 aromatic rings. The van der Waals surface area contributed by atoms with E-state index in [2.05, 4.69) is 13.8 Å². The van der Waals surface area contributed by atoms with Gasteiger partial charge >= 0.3 is 29.6 Å². The molecule has 0 amide bonds. The summed E-state index contributed by atoms with van der Waals surface area (Å²) in [4.78, 5) is 0. The van der Waals surface area contributed by atoms with Crippen LogP contribution in [-0.4, -0.2) is 37.7 Å². The van der Waals surface area contributed by atoms with Gasteiger partial charge in [-0.3, -0.25) is 0 Å². The maximum atomic E-state index is 11.1. The fraction of sp³-hybridized carbons (Fsp3) is 1.00. The maximum Gasteiger partial charge on any atom is 1.00 e. The van der Waals surface area contributed by atoms with Gasteiger partial charge in [-0.2, -0.15) is 0 Å². The van der Waals surface area contributed by atoms with E-state index < -0.39 is 21.7 Å². The van der Waals surface area contributed by atoms with E-state index in [1.54, 1.807) is 6.92 Å². The van der Waals surface area contributed by atoms with Crippen LogP contribution in [0.5, 0.6) is 0 Å². The molecule has 0 fully saturated rings. The zero-order chi connectivity index (χ0) is 17.6. The normalized spacial score (nSPS) is 12.2. The third-order valence-corrected chi connectivity index (χ3v) is 4.63. The van der Waals surface area contributed by atoms with Gasteiger partial charge in [-0.1, -0.05) is 65.2 Å². The maximum absolute atomic E-state index is 11.1. The Balaban J connectivity index is 0. The third kappa shape index (κ3) is 17.6. The second-order valence-electron chi connectivity index (χ2n) is 6.36. The molecule has 0 heterocycles. The Morgan fingerprint density at radius 3 is 1.50 bits per heavy atom. The molecule has 0 aromatic heterocycles. The fourth-order valence-corrected chi connectivity index (χ4v) is 3.24. The molecule has 0 aliphatic carbocycles. The van der Waals surface area contributed by atoms with Crippen LogP contribution in [0.2, 0.25) is 0 Å². The van der Waals surface area contributed by atoms with Crippen molar-refractivity contribution in [1.29, 1.82) is 0 Å². The number of hydrogen-bond acceptors (Lipinski definition) is 5. The molecule has 24 heavy (non-hydrogen) atoms. The molecule has 0 atom stereocenters. The quantitative estimate of drug-likeness (QED) is 0.176. The zero-order valence-electron chi connectivity index (χ0n) is 16.1. The van der Waals surface area contributed by atoms with E-state index in [-0.39, 0.29) is 29.6 Å². The van der Waals surface area contributed by atoms with E-state index in [1.807, 2.05) is 0 Å². The van der Waals surface area contributed by atoms with Crippen LogP contribution in [0.25, 0.3) is 0 Å². The Hall–Kier alpha value is 0.830. The Kier molecular flexibility index (Phi) is 18.1. The van der Waals surface area contributed by atoms with Gasteiger partial charge in [0, 0.05) is 0 Å². The van der Waals surface area contributed by atoms with Crippen LogP contribution in [0.4, 0.5) is 0 Å². The summed E-state index contributed by atoms with van der Waals surface area (Å²) in [6.07, 6.45) is 10.8. The molecule has 0 spiro atoms. The van der Waals surface area contributed by atoms with Gasteiger partial charge in [0.1, 0.15) is 0 Å². The summed E-state index contributed by atoms with van der Waals surface area (Å²) in [5.74, 6) is -1.96. The molecule has 5 nitrogen and oxygen atoms in total. The molecule has 0 rings (SSSR count). The van der Waals surface area contributed by atoms with E-state index in [0.717, 1.165) is 38.5 Å². The van der Waals surface area contributed by atoms with Crippen molar-refractivity contribution >= 4 is 10.1 Å². The van der Waals surface area contributed by atoms with Crippen molar-refractivity contribution in [3.8, 4) is 0 Å². The molecule has 0 saturated heterocycles. The summed E-state index contributed by atoms with van der Waals surface area (Å²) in [5.41, 5.74) is 0. The van der Waals surface area contributed by atoms with Crippen molar-refractivity contribution in [3.05, 3.63) is 0 Å². The predicted molar refractivity (Wildman–Crippen MR) is 92.4 cm³/mol. The van der Waals surface area contributed by atoms with Gasteiger partial charge in [0.2, 0.25) is 0 Å². The molecular formula is C17H35NaO5S. The van der Waals surface area contributed by atoms with E-state index in [9.17, 15) is 13.0 Å². The minimum atomic E-state index is -4.38. The van der Waals surface area contributed by atoms with E-state index >= 15 is 0 Å². The Morgan fingerprint density at radius 1 is 0.792 bits per heavy atom. The molecule has 0 bridgehead atoms. The SMILES string of the molecule is CCCCCCCOC(C)(CS(=O)(=O)[O-])OCCCCCCC.[Na+]. The van der Waals surface area contributed by atoms with E-state index in [0.29, 0.717) is 13.2 Å². The molecule has 0 unspecified atom stereocenters. The minimum Gasteiger partial charge on any atom is -0.748 e. The monoisotopic (exact) mass is 374 g/mol. The summed E-state index contributed by atoms with van der Waals surface area (Å²) in [5, 5.41) is 0. The Bertz CT molecular complexity index is 357. The predicted octanol–water partition coefficient (Wildman–Crippen LogP) is 1.23. The molecule has 0 aliphatic heterocycles. The van der Waals surface area contributed by atoms with Crippen LogP contribution in [-0.2, 0) is 19.6 Å². The van der Waals surface area contributed by atoms with Gasteiger partial charge in [0.15, 0.2) is 5.79 Å². The first-order chi connectivity index (χ1) is 10.8. The third-order valence-electron chi connectivity index (χ3n) is 3.75. The topological polar surface area (TPSA) is 75.7 Å². The molecule has 140 valence electrons. The number of ether oxygens (including phenoxy) is 2. The number of rotatable bonds is 16. The molecular weight excluding hydrogens is 339 g/mol. The van der Waals surface area contributed by atoms with E-state index in [4.69, 9.17) is 9.47 Å². The Labute approximate surface area is 171 Å². The van der Waals surface area contributed by atoms with Gasteiger partial charge < -0.3 is 14.0 Å². The average molecular weight is 375 g/mol. The summed E-state index contributed by atoms with van der Waals surface area (Å²) >= 11 is 0. The van der Waals surface area contributed by atoms with Crippen LogP contribution in [0, 0.1) is 0 Å². The van der Waals surface area contributed by atoms with Crippen molar-refractivity contribution < 1.29 is 52.0 Å². The van der Waals surface area contributed by atoms with Gasteiger partial charge in [0.05, 0.1) is 29.1 Å². The standard InChI is InChI=1S/C17H36O5S.Na/c1-4-6-8-10-12-14-21-17(3,16-23(18,19)20)22-15-13-11-9-7-5-2;/h4-16H2,1-3H3,(H,18,19,20);/q;+1/p-1. The largest absolute Gasteiger partial charge is 1.00 e. The van der Waals surface area contributed by atoms with Crippen LogP contribution >= 0.6 is 0 Å². The van der Waals surface area contributed by atoms with E-state index in [1.165, 1.54) is 25.7 Å². The first-order valence-electron chi connectivity index (χ1n) is 9.04.